The summed E-state index contributed by atoms with van der Waals surface area (Å²) in [4.78, 5) is 0. The van der Waals surface area contributed by atoms with Gasteiger partial charge in [-0.05, 0) is 30.7 Å². The lowest BCUT2D eigenvalue weighted by Crippen LogP contribution is -2.29. The molecule has 1 nitrogen and oxygen atoms in total. The highest BCUT2D eigenvalue weighted by Crippen LogP contribution is 2.33. The van der Waals surface area contributed by atoms with E-state index in [9.17, 15) is 0 Å². The molecule has 1 aliphatic rings. The first-order chi connectivity index (χ1) is 6.90. The predicted octanol–water partition coefficient (Wildman–Crippen LogP) is 2.96. The Bertz CT molecular complexity index is 264. The van der Waals surface area contributed by atoms with Crippen LogP contribution in [0.3, 0.4) is 0 Å². The van der Waals surface area contributed by atoms with Crippen LogP contribution in [0.2, 0.25) is 0 Å². The van der Waals surface area contributed by atoms with E-state index >= 15 is 0 Å². The van der Waals surface area contributed by atoms with Crippen LogP contribution in [-0.4, -0.2) is 6.04 Å². The fraction of sp³-hybridized carbons (Fsp3) is 0.538. The lowest BCUT2D eigenvalue weighted by molar-refractivity contribution is 0.449. The summed E-state index contributed by atoms with van der Waals surface area (Å²) >= 11 is 0. The van der Waals surface area contributed by atoms with E-state index in [1.165, 1.54) is 24.8 Å². The van der Waals surface area contributed by atoms with E-state index in [1.54, 1.807) is 0 Å². The summed E-state index contributed by atoms with van der Waals surface area (Å²) in [5.74, 6) is 0.962. The van der Waals surface area contributed by atoms with Crippen LogP contribution >= 0.6 is 0 Å². The Morgan fingerprint density at radius 1 is 1.29 bits per heavy atom. The Morgan fingerprint density at radius 2 is 2.00 bits per heavy atom. The quantitative estimate of drug-likeness (QED) is 0.751. The predicted molar refractivity (Wildman–Crippen MR) is 60.1 cm³/mol. The minimum atomic E-state index is 0.746. The van der Waals surface area contributed by atoms with Gasteiger partial charge in [0.15, 0.2) is 0 Å². The molecule has 0 spiro atoms. The van der Waals surface area contributed by atoms with E-state index in [1.807, 2.05) is 0 Å². The normalized spacial score (nSPS) is 18.1. The van der Waals surface area contributed by atoms with Gasteiger partial charge in [-0.25, -0.2) is 0 Å². The molecular formula is C13H19N. The first-order valence-corrected chi connectivity index (χ1v) is 5.67. The maximum absolute atomic E-state index is 3.65. The molecule has 1 N–H and O–H groups in total. The second kappa shape index (κ2) is 4.61. The van der Waals surface area contributed by atoms with Crippen LogP contribution in [0.5, 0.6) is 0 Å². The Hall–Kier alpha value is -0.820. The molecule has 1 fully saturated rings. The van der Waals surface area contributed by atoms with Gasteiger partial charge in [0.2, 0.25) is 0 Å². The van der Waals surface area contributed by atoms with Gasteiger partial charge in [0, 0.05) is 12.6 Å². The van der Waals surface area contributed by atoms with E-state index in [0.29, 0.717) is 0 Å². The third-order valence-electron chi connectivity index (χ3n) is 3.04. The van der Waals surface area contributed by atoms with Crippen LogP contribution < -0.4 is 5.32 Å². The molecule has 1 aliphatic carbocycles. The van der Waals surface area contributed by atoms with Gasteiger partial charge in [-0.2, -0.15) is 0 Å². The Kier molecular flexibility index (Phi) is 3.20. The van der Waals surface area contributed by atoms with Crippen molar-refractivity contribution in [1.29, 1.82) is 0 Å². The van der Waals surface area contributed by atoms with E-state index in [2.05, 4.69) is 42.6 Å². The van der Waals surface area contributed by atoms with Crippen LogP contribution in [0.15, 0.2) is 30.3 Å². The molecule has 1 heteroatoms. The van der Waals surface area contributed by atoms with Crippen molar-refractivity contribution in [3.8, 4) is 0 Å². The highest BCUT2D eigenvalue weighted by Gasteiger charge is 2.29. The van der Waals surface area contributed by atoms with Crippen molar-refractivity contribution >= 4 is 0 Å². The van der Waals surface area contributed by atoms with Crippen LogP contribution in [0.4, 0.5) is 0 Å². The van der Waals surface area contributed by atoms with Gasteiger partial charge in [0.05, 0.1) is 0 Å². The third kappa shape index (κ3) is 2.58. The summed E-state index contributed by atoms with van der Waals surface area (Å²) in [6.45, 7) is 3.30. The molecule has 0 amide bonds. The number of benzene rings is 1. The number of rotatable bonds is 5. The zero-order valence-electron chi connectivity index (χ0n) is 8.87. The fourth-order valence-corrected chi connectivity index (χ4v) is 1.99. The molecule has 1 saturated carbocycles. The van der Waals surface area contributed by atoms with E-state index in [0.717, 1.165) is 18.5 Å². The van der Waals surface area contributed by atoms with Gasteiger partial charge in [0.25, 0.3) is 0 Å². The molecule has 0 aromatic heterocycles. The van der Waals surface area contributed by atoms with Gasteiger partial charge in [-0.1, -0.05) is 37.3 Å². The van der Waals surface area contributed by atoms with E-state index in [4.69, 9.17) is 0 Å². The Labute approximate surface area is 86.5 Å². The van der Waals surface area contributed by atoms with Crippen molar-refractivity contribution in [1.82, 2.24) is 5.32 Å². The smallest absolute Gasteiger partial charge is 0.0208 e. The van der Waals surface area contributed by atoms with Gasteiger partial charge in [-0.3, -0.25) is 0 Å². The number of hydrogen-bond donors (Lipinski definition) is 1. The highest BCUT2D eigenvalue weighted by atomic mass is 14.9. The molecule has 1 aromatic carbocycles. The molecular weight excluding hydrogens is 170 g/mol. The SMILES string of the molecule is CC[C@H](NCc1ccccc1)C1CC1. The molecule has 1 aromatic rings. The standard InChI is InChI=1S/C13H19N/c1-2-13(12-8-9-12)14-10-11-6-4-3-5-7-11/h3-7,12-14H,2,8-10H2,1H3/t13-/m0/s1. The number of nitrogens with one attached hydrogen (secondary N) is 1. The van der Waals surface area contributed by atoms with E-state index in [-0.39, 0.29) is 0 Å². The Morgan fingerprint density at radius 3 is 2.57 bits per heavy atom. The van der Waals surface area contributed by atoms with Gasteiger partial charge in [-0.15, -0.1) is 0 Å². The van der Waals surface area contributed by atoms with Crippen molar-refractivity contribution < 1.29 is 0 Å². The first kappa shape index (κ1) is 9.72. The average Bonchev–Trinajstić information content (AvgIpc) is 3.05. The summed E-state index contributed by atoms with van der Waals surface area (Å²) in [7, 11) is 0. The molecule has 0 unspecified atom stereocenters. The van der Waals surface area contributed by atoms with Gasteiger partial charge < -0.3 is 5.32 Å². The second-order valence-corrected chi connectivity index (χ2v) is 4.22. The van der Waals surface area contributed by atoms with Crippen molar-refractivity contribution in [3.05, 3.63) is 35.9 Å². The molecule has 0 radical (unpaired) electrons. The van der Waals surface area contributed by atoms with Crippen molar-refractivity contribution in [2.75, 3.05) is 0 Å². The molecule has 0 bridgehead atoms. The summed E-state index contributed by atoms with van der Waals surface area (Å²) < 4.78 is 0. The topological polar surface area (TPSA) is 12.0 Å². The summed E-state index contributed by atoms with van der Waals surface area (Å²) in [5.41, 5.74) is 1.40. The minimum Gasteiger partial charge on any atom is -0.310 e. The molecule has 0 saturated heterocycles. The minimum absolute atomic E-state index is 0.746. The Balaban J connectivity index is 1.81. The molecule has 2 rings (SSSR count). The summed E-state index contributed by atoms with van der Waals surface area (Å²) in [6, 6.07) is 11.4. The van der Waals surface area contributed by atoms with Crippen LogP contribution in [0, 0.1) is 5.92 Å². The fourth-order valence-electron chi connectivity index (χ4n) is 1.99. The largest absolute Gasteiger partial charge is 0.310 e. The monoisotopic (exact) mass is 189 g/mol. The molecule has 0 aliphatic heterocycles. The molecule has 76 valence electrons. The zero-order chi connectivity index (χ0) is 9.80. The average molecular weight is 189 g/mol. The highest BCUT2D eigenvalue weighted by molar-refractivity contribution is 5.14. The lowest BCUT2D eigenvalue weighted by atomic mass is 10.1. The van der Waals surface area contributed by atoms with Crippen LogP contribution in [-0.2, 0) is 6.54 Å². The maximum atomic E-state index is 3.65. The third-order valence-corrected chi connectivity index (χ3v) is 3.04. The second-order valence-electron chi connectivity index (χ2n) is 4.22. The zero-order valence-corrected chi connectivity index (χ0v) is 8.87. The molecule has 0 heterocycles. The van der Waals surface area contributed by atoms with Crippen LogP contribution in [0.1, 0.15) is 31.7 Å². The van der Waals surface area contributed by atoms with Gasteiger partial charge in [0.1, 0.15) is 0 Å². The first-order valence-electron chi connectivity index (χ1n) is 5.67. The summed E-state index contributed by atoms with van der Waals surface area (Å²) in [5, 5.41) is 3.65. The summed E-state index contributed by atoms with van der Waals surface area (Å²) in [6.07, 6.45) is 4.12. The lowest BCUT2D eigenvalue weighted by Gasteiger charge is -2.15. The van der Waals surface area contributed by atoms with Crippen LogP contribution in [0.25, 0.3) is 0 Å². The van der Waals surface area contributed by atoms with Crippen molar-refractivity contribution in [2.45, 2.75) is 38.8 Å². The van der Waals surface area contributed by atoms with Gasteiger partial charge >= 0.3 is 0 Å². The van der Waals surface area contributed by atoms with Crippen molar-refractivity contribution in [2.24, 2.45) is 5.92 Å². The molecule has 1 atom stereocenters. The van der Waals surface area contributed by atoms with E-state index < -0.39 is 0 Å². The van der Waals surface area contributed by atoms with Crippen molar-refractivity contribution in [3.63, 3.8) is 0 Å². The molecule has 14 heavy (non-hydrogen) atoms. The number of hydrogen-bond acceptors (Lipinski definition) is 1. The maximum Gasteiger partial charge on any atom is 0.0208 e.